The monoisotopic (exact) mass is 425 g/mol. The maximum Gasteiger partial charge on any atom is 0.238 e. The molecule has 0 saturated heterocycles. The second kappa shape index (κ2) is 11.8. The fraction of sp³-hybridized carbons (Fsp3) is 0.333. The van der Waals surface area contributed by atoms with E-state index < -0.39 is 0 Å². The Kier molecular flexibility index (Phi) is 9.09. The minimum absolute atomic E-state index is 0. The first-order chi connectivity index (χ1) is 14.8. The zero-order valence-electron chi connectivity index (χ0n) is 18.6. The number of benzene rings is 1. The fourth-order valence-electron chi connectivity index (χ4n) is 2.84. The summed E-state index contributed by atoms with van der Waals surface area (Å²) in [7, 11) is 0. The third-order valence-corrected chi connectivity index (χ3v) is 4.60. The molecule has 0 aliphatic carbocycles. The van der Waals surface area contributed by atoms with E-state index in [1.807, 2.05) is 32.0 Å². The molecule has 1 aromatic carbocycles. The van der Waals surface area contributed by atoms with E-state index in [1.165, 1.54) is 18.0 Å². The molecule has 1 amide bonds. The van der Waals surface area contributed by atoms with Gasteiger partial charge < -0.3 is 16.4 Å². The number of aliphatic imine (C=N–C) groups is 1. The molecule has 0 bridgehead atoms. The van der Waals surface area contributed by atoms with Gasteiger partial charge in [0.25, 0.3) is 0 Å². The number of anilines is 1. The summed E-state index contributed by atoms with van der Waals surface area (Å²) in [6.45, 7) is 8.27. The quantitative estimate of drug-likeness (QED) is 0.386. The summed E-state index contributed by atoms with van der Waals surface area (Å²) in [5.74, 6) is -0.650. The Morgan fingerprint density at radius 3 is 2.71 bits per heavy atom. The number of aromatic nitrogens is 1. The van der Waals surface area contributed by atoms with Crippen LogP contribution >= 0.6 is 0 Å². The molecule has 0 spiro atoms. The Morgan fingerprint density at radius 2 is 2.06 bits per heavy atom. The molecule has 0 saturated carbocycles. The van der Waals surface area contributed by atoms with E-state index in [9.17, 15) is 9.59 Å². The normalized spacial score (nSPS) is 11.8. The lowest BCUT2D eigenvalue weighted by Crippen LogP contribution is -2.28. The van der Waals surface area contributed by atoms with Crippen LogP contribution in [0.3, 0.4) is 0 Å². The number of nitrogens with one attached hydrogen (secondary N) is 2. The molecule has 0 fully saturated rings. The van der Waals surface area contributed by atoms with E-state index in [0.717, 1.165) is 17.6 Å². The van der Waals surface area contributed by atoms with Gasteiger partial charge in [0.15, 0.2) is 5.78 Å². The van der Waals surface area contributed by atoms with Crippen LogP contribution < -0.4 is 16.4 Å². The van der Waals surface area contributed by atoms with Crippen LogP contribution in [0.5, 0.6) is 0 Å². The molecule has 1 heterocycles. The van der Waals surface area contributed by atoms with Gasteiger partial charge in [-0.25, -0.2) is 4.98 Å². The van der Waals surface area contributed by atoms with E-state index in [-0.39, 0.29) is 32.7 Å². The van der Waals surface area contributed by atoms with Crippen molar-refractivity contribution in [3.05, 3.63) is 65.1 Å². The molecule has 2 aromatic rings. The maximum atomic E-state index is 12.6. The van der Waals surface area contributed by atoms with Crippen LogP contribution in [-0.4, -0.2) is 29.4 Å². The van der Waals surface area contributed by atoms with E-state index in [1.54, 1.807) is 26.1 Å². The standard InChI is InChI=1S/C24H31N5O2.2H2/c1-5-18(11-25)13-27-20-10-21(23(28-14-20)24(31)16(2)3)29-22(30)15-26-12-19-8-6-7-17(4)9-19;;/h6-11,13-14,16,26H,5,12,15,25H2,1-4H3,(H,29,30);2*1H/b18-11-,27-13?;;. The molecule has 0 radical (unpaired) electrons. The summed E-state index contributed by atoms with van der Waals surface area (Å²) < 4.78 is 0. The lowest BCUT2D eigenvalue weighted by Gasteiger charge is -2.12. The van der Waals surface area contributed by atoms with Crippen molar-refractivity contribution >= 4 is 29.3 Å². The number of allylic oxidation sites excluding steroid dienone is 1. The molecule has 31 heavy (non-hydrogen) atoms. The van der Waals surface area contributed by atoms with Crippen molar-refractivity contribution in [1.29, 1.82) is 0 Å². The van der Waals surface area contributed by atoms with Gasteiger partial charge in [-0.2, -0.15) is 0 Å². The van der Waals surface area contributed by atoms with E-state index in [0.29, 0.717) is 17.9 Å². The summed E-state index contributed by atoms with van der Waals surface area (Å²) in [5.41, 5.74) is 9.80. The van der Waals surface area contributed by atoms with Crippen LogP contribution in [-0.2, 0) is 11.3 Å². The molecule has 7 nitrogen and oxygen atoms in total. The maximum absolute atomic E-state index is 12.6. The van der Waals surface area contributed by atoms with Gasteiger partial charge in [-0.05, 0) is 36.7 Å². The lowest BCUT2D eigenvalue weighted by molar-refractivity contribution is -0.115. The highest BCUT2D eigenvalue weighted by molar-refractivity contribution is 6.05. The Hall–Kier alpha value is -3.32. The summed E-state index contributed by atoms with van der Waals surface area (Å²) in [6.07, 6.45) is 5.40. The average molecular weight is 426 g/mol. The number of rotatable bonds is 10. The third kappa shape index (κ3) is 7.46. The van der Waals surface area contributed by atoms with Gasteiger partial charge in [-0.3, -0.25) is 14.6 Å². The minimum Gasteiger partial charge on any atom is -0.404 e. The number of Topliss-reactive ketones (excluding diaryl/α,β-unsaturated/α-hetero) is 1. The topological polar surface area (TPSA) is 109 Å². The molecule has 1 aromatic heterocycles. The second-order valence-electron chi connectivity index (χ2n) is 7.60. The van der Waals surface area contributed by atoms with Gasteiger partial charge in [-0.1, -0.05) is 50.6 Å². The molecule has 168 valence electrons. The van der Waals surface area contributed by atoms with Crippen LogP contribution in [0.15, 0.2) is 53.3 Å². The van der Waals surface area contributed by atoms with Crippen molar-refractivity contribution in [3.63, 3.8) is 0 Å². The number of pyridine rings is 1. The zero-order chi connectivity index (χ0) is 22.8. The van der Waals surface area contributed by atoms with Crippen molar-refractivity contribution in [2.45, 2.75) is 40.7 Å². The van der Waals surface area contributed by atoms with E-state index in [4.69, 9.17) is 5.73 Å². The summed E-state index contributed by atoms with van der Waals surface area (Å²) in [6, 6.07) is 9.73. The summed E-state index contributed by atoms with van der Waals surface area (Å²) >= 11 is 0. The zero-order valence-corrected chi connectivity index (χ0v) is 18.6. The molecular formula is C24H35N5O2. The molecule has 2 rings (SSSR count). The first kappa shape index (κ1) is 24.0. The number of amides is 1. The molecule has 4 N–H and O–H groups in total. The Bertz CT molecular complexity index is 991. The van der Waals surface area contributed by atoms with Crippen LogP contribution in [0.4, 0.5) is 11.4 Å². The number of hydrogen-bond acceptors (Lipinski definition) is 6. The Morgan fingerprint density at radius 1 is 1.29 bits per heavy atom. The summed E-state index contributed by atoms with van der Waals surface area (Å²) in [5, 5.41) is 5.92. The lowest BCUT2D eigenvalue weighted by atomic mass is 10.0. The number of nitrogens with two attached hydrogens (primary N) is 1. The minimum atomic E-state index is -0.260. The Balaban J connectivity index is 0.00000512. The predicted octanol–water partition coefficient (Wildman–Crippen LogP) is 4.40. The van der Waals surface area contributed by atoms with Gasteiger partial charge in [0.2, 0.25) is 5.91 Å². The third-order valence-electron chi connectivity index (χ3n) is 4.60. The van der Waals surface area contributed by atoms with Crippen LogP contribution in [0.25, 0.3) is 0 Å². The summed E-state index contributed by atoms with van der Waals surface area (Å²) in [4.78, 5) is 33.7. The number of ketones is 1. The number of carbonyl (C=O) groups is 2. The molecule has 0 unspecified atom stereocenters. The molecule has 0 aliphatic rings. The smallest absolute Gasteiger partial charge is 0.238 e. The van der Waals surface area contributed by atoms with E-state index in [2.05, 4.69) is 26.7 Å². The number of nitrogens with zero attached hydrogens (tertiary/aromatic N) is 2. The van der Waals surface area contributed by atoms with E-state index >= 15 is 0 Å². The van der Waals surface area contributed by atoms with Gasteiger partial charge >= 0.3 is 0 Å². The van der Waals surface area contributed by atoms with Crippen LogP contribution in [0.1, 0.15) is 51.7 Å². The largest absolute Gasteiger partial charge is 0.404 e. The highest BCUT2D eigenvalue weighted by Gasteiger charge is 2.18. The number of hydrogen-bond donors (Lipinski definition) is 3. The SMILES string of the molecule is CC/C(C=Nc1cnc(C(=O)C(C)C)c(NC(=O)CNCc2cccc(C)c2)c1)=C/N.[HH].[HH]. The van der Waals surface area contributed by atoms with Gasteiger partial charge in [-0.15, -0.1) is 0 Å². The Labute approximate surface area is 186 Å². The van der Waals surface area contributed by atoms with Crippen LogP contribution in [0, 0.1) is 12.8 Å². The highest BCUT2D eigenvalue weighted by atomic mass is 16.2. The average Bonchev–Trinajstić information content (AvgIpc) is 2.74. The first-order valence-electron chi connectivity index (χ1n) is 10.4. The van der Waals surface area contributed by atoms with Gasteiger partial charge in [0, 0.05) is 21.5 Å². The first-order valence-corrected chi connectivity index (χ1v) is 10.4. The number of carbonyl (C=O) groups excluding carboxylic acids is 2. The molecular weight excluding hydrogens is 390 g/mol. The van der Waals surface area contributed by atoms with Crippen molar-refractivity contribution in [2.75, 3.05) is 11.9 Å². The fourth-order valence-corrected chi connectivity index (χ4v) is 2.84. The van der Waals surface area contributed by atoms with Crippen molar-refractivity contribution < 1.29 is 12.4 Å². The number of aryl methyl sites for hydroxylation is 1. The van der Waals surface area contributed by atoms with Crippen molar-refractivity contribution in [3.8, 4) is 0 Å². The van der Waals surface area contributed by atoms with Gasteiger partial charge in [0.05, 0.1) is 24.1 Å². The molecule has 7 heteroatoms. The highest BCUT2D eigenvalue weighted by Crippen LogP contribution is 2.23. The van der Waals surface area contributed by atoms with Crippen LogP contribution in [0.2, 0.25) is 0 Å². The molecule has 0 atom stereocenters. The second-order valence-corrected chi connectivity index (χ2v) is 7.60. The predicted molar refractivity (Wildman–Crippen MR) is 130 cm³/mol. The molecule has 0 aliphatic heterocycles. The van der Waals surface area contributed by atoms with Crippen molar-refractivity contribution in [2.24, 2.45) is 16.6 Å². The van der Waals surface area contributed by atoms with Crippen molar-refractivity contribution in [1.82, 2.24) is 10.3 Å². The van der Waals surface area contributed by atoms with Gasteiger partial charge in [0.1, 0.15) is 5.69 Å².